The van der Waals surface area contributed by atoms with Crippen molar-refractivity contribution in [3.05, 3.63) is 23.0 Å². The maximum absolute atomic E-state index is 13.7. The van der Waals surface area contributed by atoms with Crippen LogP contribution in [0, 0.1) is 0 Å². The van der Waals surface area contributed by atoms with Crippen LogP contribution in [0.3, 0.4) is 0 Å². The molecular formula is C16H17ClF9N3O2. The summed E-state index contributed by atoms with van der Waals surface area (Å²) in [7, 11) is 1.16. The minimum Gasteiger partial charge on any atom is -0.494 e. The van der Waals surface area contributed by atoms with Crippen molar-refractivity contribution in [3.63, 3.8) is 0 Å². The summed E-state index contributed by atoms with van der Waals surface area (Å²) in [5, 5.41) is 0.908. The van der Waals surface area contributed by atoms with Gasteiger partial charge in [0.25, 0.3) is 0 Å². The molecule has 0 aliphatic carbocycles. The van der Waals surface area contributed by atoms with Gasteiger partial charge in [-0.1, -0.05) is 11.6 Å². The van der Waals surface area contributed by atoms with Crippen molar-refractivity contribution in [2.45, 2.75) is 50.4 Å². The number of halogens is 10. The number of rotatable bonds is 7. The third-order valence-electron chi connectivity index (χ3n) is 3.97. The molecule has 0 aliphatic heterocycles. The van der Waals surface area contributed by atoms with Crippen molar-refractivity contribution in [1.82, 2.24) is 15.2 Å². The molecule has 178 valence electrons. The molecule has 31 heavy (non-hydrogen) atoms. The normalized spacial score (nSPS) is 14.7. The van der Waals surface area contributed by atoms with E-state index in [1.54, 1.807) is 0 Å². The molecule has 1 aromatic rings. The molecule has 1 heterocycles. The molecule has 2 amide bonds. The third kappa shape index (κ3) is 7.82. The van der Waals surface area contributed by atoms with Crippen molar-refractivity contribution >= 4 is 17.6 Å². The van der Waals surface area contributed by atoms with Gasteiger partial charge >= 0.3 is 24.6 Å². The average molecular weight is 490 g/mol. The number of amides is 2. The summed E-state index contributed by atoms with van der Waals surface area (Å²) in [5.74, 6) is -0.0943. The summed E-state index contributed by atoms with van der Waals surface area (Å²) < 4.78 is 122. The first-order chi connectivity index (χ1) is 14.0. The number of hydrogen-bond acceptors (Lipinski definition) is 3. The van der Waals surface area contributed by atoms with Gasteiger partial charge in [-0.25, -0.2) is 4.79 Å². The molecule has 0 saturated carbocycles. The Kier molecular flexibility index (Phi) is 8.68. The van der Waals surface area contributed by atoms with Crippen LogP contribution in [0.15, 0.2) is 12.3 Å². The standard InChI is InChI=1S/C16H17ClF9N3O2/c1-3-29(13(30)28-11(15(21,22)23)4-5-14(18,19)20)12(16(24,25)26)9-6-8(17)10(31-2)7-27-9/h6-7,11-12H,3-5H2,1-2H3,(H,28,30)/t11-,12?/m0/s1. The smallest absolute Gasteiger partial charge is 0.414 e. The lowest BCUT2D eigenvalue weighted by Gasteiger charge is -2.34. The molecule has 1 rings (SSSR count). The second-order valence-electron chi connectivity index (χ2n) is 6.17. The number of methoxy groups -OCH3 is 1. The number of urea groups is 1. The van der Waals surface area contributed by atoms with Crippen molar-refractivity contribution in [2.75, 3.05) is 13.7 Å². The molecule has 1 aromatic heterocycles. The molecule has 0 spiro atoms. The zero-order valence-corrected chi connectivity index (χ0v) is 16.7. The van der Waals surface area contributed by atoms with Crippen LogP contribution in [-0.4, -0.2) is 54.1 Å². The number of carbonyl (C=O) groups is 1. The first-order valence-electron chi connectivity index (χ1n) is 8.48. The summed E-state index contributed by atoms with van der Waals surface area (Å²) >= 11 is 5.77. The molecule has 1 unspecified atom stereocenters. The van der Waals surface area contributed by atoms with Crippen LogP contribution in [0.2, 0.25) is 5.02 Å². The fourth-order valence-corrected chi connectivity index (χ4v) is 2.78. The number of hydrogen-bond donors (Lipinski definition) is 1. The van der Waals surface area contributed by atoms with Gasteiger partial charge in [0.05, 0.1) is 24.0 Å². The Balaban J connectivity index is 3.25. The van der Waals surface area contributed by atoms with Crippen LogP contribution in [-0.2, 0) is 0 Å². The van der Waals surface area contributed by atoms with E-state index in [-0.39, 0.29) is 15.7 Å². The molecule has 0 aliphatic rings. The number of pyridine rings is 1. The SMILES string of the molecule is CCN(C(=O)N[C@@H](CCC(F)(F)F)C(F)(F)F)C(c1cc(Cl)c(OC)cn1)C(F)(F)F. The largest absolute Gasteiger partial charge is 0.494 e. The number of ether oxygens (including phenoxy) is 1. The topological polar surface area (TPSA) is 54.5 Å². The molecule has 0 radical (unpaired) electrons. The van der Waals surface area contributed by atoms with Gasteiger partial charge in [-0.15, -0.1) is 0 Å². The van der Waals surface area contributed by atoms with Crippen LogP contribution in [0.4, 0.5) is 44.3 Å². The van der Waals surface area contributed by atoms with E-state index < -0.39 is 61.7 Å². The monoisotopic (exact) mass is 489 g/mol. The molecule has 0 saturated heterocycles. The van der Waals surface area contributed by atoms with Crippen LogP contribution < -0.4 is 10.1 Å². The lowest BCUT2D eigenvalue weighted by atomic mass is 10.1. The molecule has 15 heteroatoms. The minimum absolute atomic E-state index is 0.0303. The molecule has 1 N–H and O–H groups in total. The van der Waals surface area contributed by atoms with E-state index in [0.717, 1.165) is 26.3 Å². The van der Waals surface area contributed by atoms with E-state index in [1.807, 2.05) is 0 Å². The first kappa shape index (κ1) is 26.9. The van der Waals surface area contributed by atoms with E-state index in [4.69, 9.17) is 16.3 Å². The molecule has 5 nitrogen and oxygen atoms in total. The molecule has 0 aromatic carbocycles. The Morgan fingerprint density at radius 2 is 1.74 bits per heavy atom. The number of carbonyl (C=O) groups excluding carboxylic acids is 1. The Labute approximate surface area is 175 Å². The molecule has 0 bridgehead atoms. The predicted octanol–water partition coefficient (Wildman–Crippen LogP) is 5.65. The van der Waals surface area contributed by atoms with E-state index in [0.29, 0.717) is 0 Å². The van der Waals surface area contributed by atoms with Crippen LogP contribution in [0.25, 0.3) is 0 Å². The lowest BCUT2D eigenvalue weighted by Crippen LogP contribution is -2.53. The van der Waals surface area contributed by atoms with Crippen LogP contribution >= 0.6 is 11.6 Å². The van der Waals surface area contributed by atoms with Gasteiger partial charge in [0, 0.05) is 13.0 Å². The maximum Gasteiger partial charge on any atom is 0.414 e. The van der Waals surface area contributed by atoms with Gasteiger partial charge in [-0.05, 0) is 19.4 Å². The van der Waals surface area contributed by atoms with E-state index >= 15 is 0 Å². The highest BCUT2D eigenvalue weighted by Crippen LogP contribution is 2.39. The van der Waals surface area contributed by atoms with Gasteiger partial charge < -0.3 is 15.0 Å². The third-order valence-corrected chi connectivity index (χ3v) is 4.27. The summed E-state index contributed by atoms with van der Waals surface area (Å²) in [6.07, 6.45) is -18.2. The van der Waals surface area contributed by atoms with Crippen molar-refractivity contribution in [3.8, 4) is 5.75 Å². The first-order valence-corrected chi connectivity index (χ1v) is 8.85. The van der Waals surface area contributed by atoms with Gasteiger partial charge in [-0.3, -0.25) is 4.98 Å². The Morgan fingerprint density at radius 3 is 2.13 bits per heavy atom. The number of nitrogens with one attached hydrogen (secondary N) is 1. The highest BCUT2D eigenvalue weighted by molar-refractivity contribution is 6.32. The molecule has 2 atom stereocenters. The number of aromatic nitrogens is 1. The summed E-state index contributed by atoms with van der Waals surface area (Å²) in [6, 6.07) is -6.99. The maximum atomic E-state index is 13.7. The van der Waals surface area contributed by atoms with Gasteiger partial charge in [-0.2, -0.15) is 39.5 Å². The van der Waals surface area contributed by atoms with E-state index in [2.05, 4.69) is 4.98 Å². The zero-order chi connectivity index (χ0) is 24.2. The quantitative estimate of drug-likeness (QED) is 0.504. The Hall–Kier alpha value is -2.12. The summed E-state index contributed by atoms with van der Waals surface area (Å²) in [6.45, 7) is 0.299. The van der Waals surface area contributed by atoms with E-state index in [1.165, 1.54) is 5.32 Å². The fraction of sp³-hybridized carbons (Fsp3) is 0.625. The van der Waals surface area contributed by atoms with Crippen LogP contribution in [0.1, 0.15) is 31.5 Å². The van der Waals surface area contributed by atoms with Gasteiger partial charge in [0.15, 0.2) is 11.8 Å². The average Bonchev–Trinajstić information content (AvgIpc) is 2.59. The zero-order valence-electron chi connectivity index (χ0n) is 15.9. The summed E-state index contributed by atoms with van der Waals surface area (Å²) in [5.41, 5.74) is -0.825. The van der Waals surface area contributed by atoms with Gasteiger partial charge in [0.2, 0.25) is 0 Å². The number of alkyl halides is 9. The van der Waals surface area contributed by atoms with Crippen LogP contribution in [0.5, 0.6) is 5.75 Å². The summed E-state index contributed by atoms with van der Waals surface area (Å²) in [4.78, 5) is 15.7. The number of nitrogens with zero attached hydrogens (tertiary/aromatic N) is 2. The lowest BCUT2D eigenvalue weighted by molar-refractivity contribution is -0.182. The van der Waals surface area contributed by atoms with E-state index in [9.17, 15) is 44.3 Å². The highest BCUT2D eigenvalue weighted by atomic mass is 35.5. The van der Waals surface area contributed by atoms with Crippen molar-refractivity contribution in [2.24, 2.45) is 0 Å². The fourth-order valence-electron chi connectivity index (χ4n) is 2.54. The highest BCUT2D eigenvalue weighted by Gasteiger charge is 2.49. The molecular weight excluding hydrogens is 473 g/mol. The van der Waals surface area contributed by atoms with Crippen molar-refractivity contribution in [1.29, 1.82) is 0 Å². The minimum atomic E-state index is -5.32. The predicted molar refractivity (Wildman–Crippen MR) is 90.6 cm³/mol. The Bertz CT molecular complexity index is 753. The van der Waals surface area contributed by atoms with Crippen molar-refractivity contribution < 1.29 is 49.0 Å². The second-order valence-corrected chi connectivity index (χ2v) is 6.58. The van der Waals surface area contributed by atoms with Gasteiger partial charge in [0.1, 0.15) is 6.04 Å². The molecule has 0 fully saturated rings. The Morgan fingerprint density at radius 1 is 1.16 bits per heavy atom. The second kappa shape index (κ2) is 10.0.